The highest BCUT2D eigenvalue weighted by molar-refractivity contribution is 7.13. The first kappa shape index (κ1) is 18.8. The number of aromatic nitrogens is 1. The molecule has 0 unspecified atom stereocenters. The largest absolute Gasteiger partial charge is 0.335 e. The monoisotopic (exact) mass is 363 g/mol. The van der Waals surface area contributed by atoms with Gasteiger partial charge in [0.2, 0.25) is 0 Å². The van der Waals surface area contributed by atoms with Crippen molar-refractivity contribution in [1.82, 2.24) is 15.2 Å². The van der Waals surface area contributed by atoms with E-state index in [1.165, 1.54) is 23.5 Å². The summed E-state index contributed by atoms with van der Waals surface area (Å²) in [5, 5.41) is 5.72. The molecule has 1 aromatic heterocycles. The number of benzene rings is 1. The van der Waals surface area contributed by atoms with Gasteiger partial charge in [0.1, 0.15) is 16.5 Å². The van der Waals surface area contributed by atoms with Crippen molar-refractivity contribution in [2.45, 2.75) is 0 Å². The van der Waals surface area contributed by atoms with Crippen LogP contribution in [0.15, 0.2) is 29.6 Å². The Labute approximate surface area is 144 Å². The Balaban J connectivity index is 0.00000121. The van der Waals surface area contributed by atoms with Crippen LogP contribution in [0.25, 0.3) is 10.6 Å². The van der Waals surface area contributed by atoms with Crippen molar-refractivity contribution in [2.75, 3.05) is 26.2 Å². The summed E-state index contributed by atoms with van der Waals surface area (Å²) in [6, 6.07) is 6.14. The number of amides is 1. The van der Waals surface area contributed by atoms with Crippen molar-refractivity contribution >= 4 is 42.1 Å². The average molecular weight is 364 g/mol. The summed E-state index contributed by atoms with van der Waals surface area (Å²) in [6.45, 7) is 3.06. The molecule has 0 saturated carbocycles. The van der Waals surface area contributed by atoms with Gasteiger partial charge in [0.25, 0.3) is 5.91 Å². The number of piperazine rings is 1. The standard InChI is InChI=1S/C14H14FN3OS.2ClH/c15-11-3-1-10(2-4-11)13-17-12(9-20-13)14(19)18-7-5-16-6-8-18;;/h1-4,9,16H,5-8H2;2*1H. The van der Waals surface area contributed by atoms with Gasteiger partial charge in [0.05, 0.1) is 0 Å². The molecule has 0 radical (unpaired) electrons. The molecule has 2 aromatic rings. The summed E-state index contributed by atoms with van der Waals surface area (Å²) in [5.74, 6) is -0.307. The van der Waals surface area contributed by atoms with E-state index >= 15 is 0 Å². The van der Waals surface area contributed by atoms with E-state index in [1.54, 1.807) is 22.4 Å². The highest BCUT2D eigenvalue weighted by Crippen LogP contribution is 2.24. The Kier molecular flexibility index (Phi) is 7.22. The lowest BCUT2D eigenvalue weighted by Crippen LogP contribution is -2.46. The lowest BCUT2D eigenvalue weighted by atomic mass is 10.2. The molecule has 8 heteroatoms. The third kappa shape index (κ3) is 4.16. The molecule has 22 heavy (non-hydrogen) atoms. The minimum atomic E-state index is -0.276. The number of halogens is 3. The van der Waals surface area contributed by atoms with Crippen molar-refractivity contribution in [2.24, 2.45) is 0 Å². The van der Waals surface area contributed by atoms with Crippen molar-refractivity contribution < 1.29 is 9.18 Å². The van der Waals surface area contributed by atoms with Crippen LogP contribution in [-0.4, -0.2) is 42.0 Å². The maximum Gasteiger partial charge on any atom is 0.273 e. The predicted molar refractivity (Wildman–Crippen MR) is 90.8 cm³/mol. The van der Waals surface area contributed by atoms with Crippen LogP contribution in [0.2, 0.25) is 0 Å². The number of rotatable bonds is 2. The van der Waals surface area contributed by atoms with Gasteiger partial charge in [-0.05, 0) is 24.3 Å². The molecule has 2 heterocycles. The molecule has 1 aliphatic rings. The van der Waals surface area contributed by atoms with E-state index in [2.05, 4.69) is 10.3 Å². The molecule has 3 rings (SSSR count). The van der Waals surface area contributed by atoms with Crippen LogP contribution in [0.4, 0.5) is 4.39 Å². The fourth-order valence-corrected chi connectivity index (χ4v) is 2.93. The number of carbonyl (C=O) groups excluding carboxylic acids is 1. The molecule has 0 bridgehead atoms. The van der Waals surface area contributed by atoms with Gasteiger partial charge in [-0.25, -0.2) is 9.37 Å². The smallest absolute Gasteiger partial charge is 0.273 e. The van der Waals surface area contributed by atoms with Crippen molar-refractivity contribution in [3.05, 3.63) is 41.2 Å². The molecule has 0 atom stereocenters. The zero-order valence-electron chi connectivity index (χ0n) is 11.6. The quantitative estimate of drug-likeness (QED) is 0.892. The molecule has 0 aliphatic carbocycles. The van der Waals surface area contributed by atoms with Crippen molar-refractivity contribution in [1.29, 1.82) is 0 Å². The second-order valence-electron chi connectivity index (χ2n) is 4.59. The van der Waals surface area contributed by atoms with Gasteiger partial charge in [0.15, 0.2) is 0 Å². The average Bonchev–Trinajstić information content (AvgIpc) is 2.98. The summed E-state index contributed by atoms with van der Waals surface area (Å²) in [5.41, 5.74) is 1.30. The third-order valence-corrected chi connectivity index (χ3v) is 4.11. The summed E-state index contributed by atoms with van der Waals surface area (Å²) >= 11 is 1.40. The maximum absolute atomic E-state index is 12.9. The van der Waals surface area contributed by atoms with E-state index in [1.807, 2.05) is 0 Å². The van der Waals surface area contributed by atoms with Crippen LogP contribution in [0.1, 0.15) is 10.5 Å². The van der Waals surface area contributed by atoms with Gasteiger partial charge >= 0.3 is 0 Å². The van der Waals surface area contributed by atoms with Crippen LogP contribution in [-0.2, 0) is 0 Å². The summed E-state index contributed by atoms with van der Waals surface area (Å²) in [7, 11) is 0. The Hall–Kier alpha value is -1.21. The van der Waals surface area contributed by atoms with Gasteiger partial charge in [-0.1, -0.05) is 0 Å². The number of hydrogen-bond acceptors (Lipinski definition) is 4. The molecule has 1 aromatic carbocycles. The van der Waals surface area contributed by atoms with Gasteiger partial charge in [-0.15, -0.1) is 36.2 Å². The van der Waals surface area contributed by atoms with Gasteiger partial charge < -0.3 is 10.2 Å². The minimum absolute atomic E-state index is 0. The molecular formula is C14H16Cl2FN3OS. The molecule has 1 N–H and O–H groups in total. The zero-order valence-corrected chi connectivity index (χ0v) is 14.1. The lowest BCUT2D eigenvalue weighted by Gasteiger charge is -2.26. The SMILES string of the molecule is Cl.Cl.O=C(c1csc(-c2ccc(F)cc2)n1)N1CCNCC1. The third-order valence-electron chi connectivity index (χ3n) is 3.22. The van der Waals surface area contributed by atoms with Crippen LogP contribution < -0.4 is 5.32 Å². The Morgan fingerprint density at radius 2 is 1.82 bits per heavy atom. The summed E-state index contributed by atoms with van der Waals surface area (Å²) < 4.78 is 12.9. The van der Waals surface area contributed by atoms with Gasteiger partial charge in [-0.3, -0.25) is 4.79 Å². The van der Waals surface area contributed by atoms with E-state index in [0.29, 0.717) is 18.8 Å². The number of thiazole rings is 1. The molecule has 120 valence electrons. The first-order chi connectivity index (χ1) is 9.74. The first-order valence-electron chi connectivity index (χ1n) is 6.45. The molecule has 4 nitrogen and oxygen atoms in total. The molecule has 1 fully saturated rings. The fourth-order valence-electron chi connectivity index (χ4n) is 2.13. The Bertz CT molecular complexity index is 615. The van der Waals surface area contributed by atoms with Crippen LogP contribution in [0.3, 0.4) is 0 Å². The van der Waals surface area contributed by atoms with E-state index in [0.717, 1.165) is 23.7 Å². The van der Waals surface area contributed by atoms with Crippen LogP contribution in [0.5, 0.6) is 0 Å². The zero-order chi connectivity index (χ0) is 13.9. The Morgan fingerprint density at radius 3 is 2.45 bits per heavy atom. The van der Waals surface area contributed by atoms with E-state index < -0.39 is 0 Å². The fraction of sp³-hybridized carbons (Fsp3) is 0.286. The predicted octanol–water partition coefficient (Wildman–Crippen LogP) is 2.84. The maximum atomic E-state index is 12.9. The molecule has 1 amide bonds. The van der Waals surface area contributed by atoms with Gasteiger partial charge in [-0.2, -0.15) is 0 Å². The topological polar surface area (TPSA) is 45.2 Å². The minimum Gasteiger partial charge on any atom is -0.335 e. The summed E-state index contributed by atoms with van der Waals surface area (Å²) in [6.07, 6.45) is 0. The number of nitrogens with zero attached hydrogens (tertiary/aromatic N) is 2. The number of nitrogens with one attached hydrogen (secondary N) is 1. The highest BCUT2D eigenvalue weighted by atomic mass is 35.5. The number of hydrogen-bond donors (Lipinski definition) is 1. The normalized spacial score (nSPS) is 14.0. The van der Waals surface area contributed by atoms with Crippen LogP contribution in [0, 0.1) is 5.82 Å². The molecular weight excluding hydrogens is 348 g/mol. The lowest BCUT2D eigenvalue weighted by molar-refractivity contribution is 0.0731. The summed E-state index contributed by atoms with van der Waals surface area (Å²) in [4.78, 5) is 18.5. The first-order valence-corrected chi connectivity index (χ1v) is 7.33. The Morgan fingerprint density at radius 1 is 1.18 bits per heavy atom. The molecule has 0 spiro atoms. The highest BCUT2D eigenvalue weighted by Gasteiger charge is 2.20. The van der Waals surface area contributed by atoms with Crippen molar-refractivity contribution in [3.8, 4) is 10.6 Å². The van der Waals surface area contributed by atoms with E-state index in [-0.39, 0.29) is 36.5 Å². The van der Waals surface area contributed by atoms with E-state index in [4.69, 9.17) is 0 Å². The molecule has 1 saturated heterocycles. The molecule has 1 aliphatic heterocycles. The number of carbonyl (C=O) groups is 1. The van der Waals surface area contributed by atoms with E-state index in [9.17, 15) is 9.18 Å². The van der Waals surface area contributed by atoms with Crippen LogP contribution >= 0.6 is 36.2 Å². The second kappa shape index (κ2) is 8.43. The van der Waals surface area contributed by atoms with Gasteiger partial charge in [0, 0.05) is 37.1 Å². The van der Waals surface area contributed by atoms with Crippen molar-refractivity contribution in [3.63, 3.8) is 0 Å². The second-order valence-corrected chi connectivity index (χ2v) is 5.45.